The van der Waals surface area contributed by atoms with E-state index in [1.165, 1.54) is 0 Å². The molecule has 1 saturated heterocycles. The lowest BCUT2D eigenvalue weighted by Crippen LogP contribution is -2.40. The number of nitrogens with zero attached hydrogens (tertiary/aromatic N) is 4. The highest BCUT2D eigenvalue weighted by atomic mass is 32.2. The molecule has 1 atom stereocenters. The lowest BCUT2D eigenvalue weighted by molar-refractivity contribution is -0.130. The molecule has 3 heterocycles. The molecular weight excluding hydrogens is 354 g/mol. The van der Waals surface area contributed by atoms with Gasteiger partial charge in [-0.25, -0.2) is 4.98 Å². The number of aromatic nitrogens is 4. The number of amides is 1. The molecule has 0 aliphatic carbocycles. The van der Waals surface area contributed by atoms with Gasteiger partial charge in [0.25, 0.3) is 0 Å². The zero-order valence-corrected chi connectivity index (χ0v) is 15.6. The molecule has 1 fully saturated rings. The van der Waals surface area contributed by atoms with Crippen molar-refractivity contribution < 1.29 is 4.79 Å². The summed E-state index contributed by atoms with van der Waals surface area (Å²) in [6, 6.07) is 8.01. The van der Waals surface area contributed by atoms with Crippen LogP contribution in [0.4, 0.5) is 0 Å². The molecule has 2 aromatic heterocycles. The molecule has 1 N–H and O–H groups in total. The molecule has 1 unspecified atom stereocenters. The predicted octanol–water partition coefficient (Wildman–Crippen LogP) is 3.30. The minimum atomic E-state index is 0.248. The second-order valence-corrected chi connectivity index (χ2v) is 8.75. The summed E-state index contributed by atoms with van der Waals surface area (Å²) in [5.41, 5.74) is 2.58. The van der Waals surface area contributed by atoms with E-state index >= 15 is 0 Å². The van der Waals surface area contributed by atoms with Crippen molar-refractivity contribution in [3.63, 3.8) is 0 Å². The fraction of sp³-hybridized carbons (Fsp3) is 0.412. The van der Waals surface area contributed by atoms with Crippen LogP contribution in [0.2, 0.25) is 0 Å². The third kappa shape index (κ3) is 3.46. The Morgan fingerprint density at radius 3 is 3.16 bits per heavy atom. The van der Waals surface area contributed by atoms with Crippen molar-refractivity contribution in [2.45, 2.75) is 29.5 Å². The number of para-hydroxylation sites is 1. The largest absolute Gasteiger partial charge is 0.340 e. The Morgan fingerprint density at radius 1 is 1.40 bits per heavy atom. The first kappa shape index (κ1) is 16.7. The first-order valence-corrected chi connectivity index (χ1v) is 10.3. The zero-order chi connectivity index (χ0) is 17.2. The van der Waals surface area contributed by atoms with E-state index < -0.39 is 0 Å². The number of carbonyl (C=O) groups excluding carboxylic acids is 1. The predicted molar refractivity (Wildman–Crippen MR) is 103 cm³/mol. The molecule has 3 aromatic rings. The summed E-state index contributed by atoms with van der Waals surface area (Å²) in [5, 5.41) is 10.4. The van der Waals surface area contributed by atoms with Crippen molar-refractivity contribution >= 4 is 51.5 Å². The van der Waals surface area contributed by atoms with E-state index in [2.05, 4.69) is 20.2 Å². The third-order valence-corrected chi connectivity index (χ3v) is 6.62. The first-order chi connectivity index (χ1) is 12.2. The molecule has 0 bridgehead atoms. The minimum absolute atomic E-state index is 0.248. The topological polar surface area (TPSA) is 74.8 Å². The highest BCUT2D eigenvalue weighted by Gasteiger charge is 2.25. The van der Waals surface area contributed by atoms with Crippen molar-refractivity contribution in [2.24, 2.45) is 0 Å². The van der Waals surface area contributed by atoms with Crippen LogP contribution < -0.4 is 0 Å². The van der Waals surface area contributed by atoms with E-state index in [1.54, 1.807) is 11.8 Å². The molecule has 25 heavy (non-hydrogen) atoms. The van der Waals surface area contributed by atoms with E-state index in [0.717, 1.165) is 47.3 Å². The average molecular weight is 374 g/mol. The molecule has 8 heteroatoms. The Bertz CT molecular complexity index is 912. The molecule has 4 rings (SSSR count). The Kier molecular flexibility index (Phi) is 4.80. The number of hydrogen-bond acceptors (Lipinski definition) is 6. The Morgan fingerprint density at radius 2 is 2.28 bits per heavy atom. The zero-order valence-electron chi connectivity index (χ0n) is 13.9. The van der Waals surface area contributed by atoms with E-state index in [1.807, 2.05) is 47.9 Å². The summed E-state index contributed by atoms with van der Waals surface area (Å²) in [5.74, 6) is 1.20. The SMILES string of the molecule is CCCC(=O)N1CCSC(Sc2nnc3c(n2)[nH]c2ccccc23)C1. The van der Waals surface area contributed by atoms with E-state index in [-0.39, 0.29) is 10.5 Å². The van der Waals surface area contributed by atoms with Crippen LogP contribution in [0.3, 0.4) is 0 Å². The molecular formula is C17H19N5OS2. The van der Waals surface area contributed by atoms with Gasteiger partial charge < -0.3 is 9.88 Å². The van der Waals surface area contributed by atoms with Gasteiger partial charge in [0.05, 0.1) is 4.58 Å². The second-order valence-electron chi connectivity index (χ2n) is 5.97. The fourth-order valence-electron chi connectivity index (χ4n) is 2.96. The van der Waals surface area contributed by atoms with Gasteiger partial charge in [-0.15, -0.1) is 22.0 Å². The minimum Gasteiger partial charge on any atom is -0.340 e. The van der Waals surface area contributed by atoms with Crippen molar-refractivity contribution in [1.82, 2.24) is 25.1 Å². The molecule has 0 saturated carbocycles. The van der Waals surface area contributed by atoms with Gasteiger partial charge >= 0.3 is 0 Å². The van der Waals surface area contributed by atoms with Crippen LogP contribution in [0.15, 0.2) is 29.4 Å². The number of thioether (sulfide) groups is 2. The number of H-pyrrole nitrogens is 1. The molecule has 1 aromatic carbocycles. The lowest BCUT2D eigenvalue weighted by atomic mass is 10.2. The van der Waals surface area contributed by atoms with Crippen LogP contribution in [-0.2, 0) is 4.79 Å². The molecule has 1 amide bonds. The van der Waals surface area contributed by atoms with Gasteiger partial charge in [-0.3, -0.25) is 4.79 Å². The van der Waals surface area contributed by atoms with Gasteiger partial charge in [0.1, 0.15) is 5.52 Å². The lowest BCUT2D eigenvalue weighted by Gasteiger charge is -2.31. The molecule has 6 nitrogen and oxygen atoms in total. The Labute approximate surface area is 154 Å². The highest BCUT2D eigenvalue weighted by Crippen LogP contribution is 2.33. The summed E-state index contributed by atoms with van der Waals surface area (Å²) in [6.07, 6.45) is 1.52. The van der Waals surface area contributed by atoms with Crippen molar-refractivity contribution in [2.75, 3.05) is 18.8 Å². The third-order valence-electron chi connectivity index (χ3n) is 4.19. The standard InChI is InChI=1S/C17H19N5OS2/c1-2-5-13(23)22-8-9-24-14(10-22)25-17-19-16-15(20-21-17)11-6-3-4-7-12(11)18-16/h3-4,6-7,14H,2,5,8-10H2,1H3,(H,18,19,21). The van der Waals surface area contributed by atoms with Gasteiger partial charge in [-0.2, -0.15) is 0 Å². The normalized spacial score (nSPS) is 18.1. The van der Waals surface area contributed by atoms with Crippen LogP contribution in [0.25, 0.3) is 22.1 Å². The number of carbonyl (C=O) groups is 1. The second kappa shape index (κ2) is 7.21. The molecule has 0 radical (unpaired) electrons. The van der Waals surface area contributed by atoms with E-state index in [4.69, 9.17) is 0 Å². The van der Waals surface area contributed by atoms with E-state index in [9.17, 15) is 4.79 Å². The maximum atomic E-state index is 12.1. The van der Waals surface area contributed by atoms with Crippen LogP contribution in [-0.4, -0.2) is 54.4 Å². The Hall–Kier alpha value is -1.80. The quantitative estimate of drug-likeness (QED) is 0.756. The van der Waals surface area contributed by atoms with Gasteiger partial charge in [-0.05, 0) is 12.5 Å². The van der Waals surface area contributed by atoms with Crippen molar-refractivity contribution in [3.8, 4) is 0 Å². The first-order valence-electron chi connectivity index (χ1n) is 8.42. The van der Waals surface area contributed by atoms with Crippen LogP contribution in [0, 0.1) is 0 Å². The Balaban J connectivity index is 1.52. The van der Waals surface area contributed by atoms with Gasteiger partial charge in [-0.1, -0.05) is 36.9 Å². The summed E-state index contributed by atoms with van der Waals surface area (Å²) in [7, 11) is 0. The number of rotatable bonds is 4. The summed E-state index contributed by atoms with van der Waals surface area (Å²) in [4.78, 5) is 22.0. The van der Waals surface area contributed by atoms with E-state index in [0.29, 0.717) is 11.6 Å². The monoisotopic (exact) mass is 373 g/mol. The highest BCUT2D eigenvalue weighted by molar-refractivity contribution is 8.17. The van der Waals surface area contributed by atoms with Crippen LogP contribution in [0.1, 0.15) is 19.8 Å². The molecule has 130 valence electrons. The maximum absolute atomic E-state index is 12.1. The maximum Gasteiger partial charge on any atom is 0.222 e. The summed E-state index contributed by atoms with van der Waals surface area (Å²) < 4.78 is 0.248. The van der Waals surface area contributed by atoms with Crippen molar-refractivity contribution in [1.29, 1.82) is 0 Å². The molecule has 1 aliphatic rings. The summed E-state index contributed by atoms with van der Waals surface area (Å²) >= 11 is 3.45. The number of hydrogen-bond donors (Lipinski definition) is 1. The number of fused-ring (bicyclic) bond motifs is 3. The van der Waals surface area contributed by atoms with Crippen molar-refractivity contribution in [3.05, 3.63) is 24.3 Å². The smallest absolute Gasteiger partial charge is 0.222 e. The van der Waals surface area contributed by atoms with Gasteiger partial charge in [0, 0.05) is 36.2 Å². The van der Waals surface area contributed by atoms with Gasteiger partial charge in [0.2, 0.25) is 11.1 Å². The van der Waals surface area contributed by atoms with Crippen LogP contribution >= 0.6 is 23.5 Å². The fourth-order valence-corrected chi connectivity index (χ4v) is 5.38. The molecule has 0 spiro atoms. The molecule has 1 aliphatic heterocycles. The summed E-state index contributed by atoms with van der Waals surface area (Å²) in [6.45, 7) is 3.61. The average Bonchev–Trinajstić information content (AvgIpc) is 3.00. The number of aromatic amines is 1. The van der Waals surface area contributed by atoms with Crippen LogP contribution in [0.5, 0.6) is 0 Å². The number of nitrogens with one attached hydrogen (secondary N) is 1. The van der Waals surface area contributed by atoms with Gasteiger partial charge in [0.15, 0.2) is 5.65 Å². The number of benzene rings is 1.